The predicted octanol–water partition coefficient (Wildman–Crippen LogP) is 33.8. The van der Waals surface area contributed by atoms with Gasteiger partial charge in [-0.15, -0.1) is 10.2 Å². The number of anilines is 15. The molecule has 0 fully saturated rings. The third-order valence-corrected chi connectivity index (χ3v) is 21.3. The van der Waals surface area contributed by atoms with Crippen molar-refractivity contribution in [3.05, 3.63) is 558 Å². The number of hydrogen-bond donors (Lipinski definition) is 0. The van der Waals surface area contributed by atoms with Gasteiger partial charge in [0, 0.05) is 114 Å². The maximum absolute atomic E-state index is 14.2. The van der Waals surface area contributed by atoms with E-state index in [1.165, 1.54) is 43.7 Å². The summed E-state index contributed by atoms with van der Waals surface area (Å²) in [5, 5.41) is 7.41. The molecule has 1 heterocycles. The molecule has 0 aliphatic rings. The third kappa shape index (κ3) is 24.6. The van der Waals surface area contributed by atoms with Crippen molar-refractivity contribution >= 4 is 134 Å². The van der Waals surface area contributed by atoms with Gasteiger partial charge in [-0.1, -0.05) is 279 Å². The van der Waals surface area contributed by atoms with Crippen LogP contribution in [-0.4, -0.2) is 10.2 Å². The fourth-order valence-electron chi connectivity index (χ4n) is 14.6. The number of allylic oxidation sites excluding steroid dienone is 10. The van der Waals surface area contributed by atoms with Crippen molar-refractivity contribution in [1.29, 1.82) is 0 Å². The molecule has 17 rings (SSSR count). The van der Waals surface area contributed by atoms with Crippen LogP contribution in [0.2, 0.25) is 0 Å². The Bertz CT molecular complexity index is 6650. The SMILES string of the molecule is C(=C\C=C\c1nnco1)/C=C/c1ccc(N(c2ccccc2)c2ccccc2)cc1.Cc1cc(F)c(/C=C/C=C/c2ccc(N(c3ccccc3)c3ccc(N(c4ccccc4)c4ccc(/C=C/C=C/c5cc(F)c(F)cc5F)cc4)cc3)cc2)cc1F.Cc1cc(F)c(/C=C/C=C/c2ccc(N(c3ccccc3)c3ccc(N(c4ccccc4)c4ccccc4)cc3)cc2)cc1F. The zero-order valence-electron chi connectivity index (χ0n) is 72.7. The largest absolute Gasteiger partial charge is 0.424 e. The lowest BCUT2D eigenvalue weighted by molar-refractivity contribution is 0.494. The van der Waals surface area contributed by atoms with Crippen LogP contribution in [0.3, 0.4) is 0 Å². The van der Waals surface area contributed by atoms with E-state index in [1.807, 2.05) is 200 Å². The Labute approximate surface area is 771 Å². The molecule has 15 heteroatoms. The first-order valence-corrected chi connectivity index (χ1v) is 43.0. The molecule has 0 atom stereocenters. The number of benzene rings is 16. The van der Waals surface area contributed by atoms with E-state index < -0.39 is 40.7 Å². The van der Waals surface area contributed by atoms with E-state index in [2.05, 4.69) is 247 Å². The van der Waals surface area contributed by atoms with Gasteiger partial charge >= 0.3 is 0 Å². The van der Waals surface area contributed by atoms with Crippen molar-refractivity contribution < 1.29 is 35.2 Å². The van der Waals surface area contributed by atoms with Crippen LogP contribution in [0.5, 0.6) is 0 Å². The number of para-hydroxylation sites is 7. The molecule has 17 aromatic rings. The van der Waals surface area contributed by atoms with Crippen molar-refractivity contribution in [1.82, 2.24) is 10.2 Å². The predicted molar refractivity (Wildman–Crippen MR) is 537 cm³/mol. The van der Waals surface area contributed by atoms with Crippen molar-refractivity contribution in [2.45, 2.75) is 13.8 Å². The topological polar surface area (TPSA) is 55.1 Å². The Hall–Kier alpha value is -17.2. The minimum Gasteiger partial charge on any atom is -0.424 e. The highest BCUT2D eigenvalue weighted by atomic mass is 19.2. The summed E-state index contributed by atoms with van der Waals surface area (Å²) in [6.07, 6.45) is 33.4. The van der Waals surface area contributed by atoms with Crippen molar-refractivity contribution in [3.8, 4) is 0 Å². The van der Waals surface area contributed by atoms with Gasteiger partial charge in [-0.05, 0) is 260 Å². The van der Waals surface area contributed by atoms with Gasteiger partial charge in [0.25, 0.3) is 0 Å². The molecule has 0 saturated carbocycles. The molecule has 0 amide bonds. The fourth-order valence-corrected chi connectivity index (χ4v) is 14.6. The van der Waals surface area contributed by atoms with E-state index in [4.69, 9.17) is 4.42 Å². The summed E-state index contributed by atoms with van der Waals surface area (Å²) < 4.78 is 102. The van der Waals surface area contributed by atoms with Crippen LogP contribution < -0.4 is 24.5 Å². The second-order valence-corrected chi connectivity index (χ2v) is 30.5. The first kappa shape index (κ1) is 90.6. The molecular weight excluding hydrogens is 1660 g/mol. The smallest absolute Gasteiger partial charge is 0.240 e. The standard InChI is InChI=1S/C51H37F5N2.C41H32F2N2.C26H21N3O/c1-36-32-48(53)39(33-47(36)52)14-10-8-12-37-20-24-43(25-21-37)57(41-16-4-2-5-17-41)45-28-30-46(31-29-45)58(42-18-6-3-7-19-42)44-26-22-38(23-27-44)13-9-11-15-40-34-50(55)51(56)35-49(40)54;1-31-29-41(43)33(30-40(31)42)14-12-11-13-32-21-23-37(24-22-32)45(36-19-9-4-10-20-36)39-27-25-38(26-28-39)44(34-15-5-2-6-16-34)35-17-7-3-8-18-35;1(2-10-16-26-28-27-21-30-26)5-11-22-17-19-25(20-18-22)29(23-12-6-3-7-13-23)24-14-8-4-9-15-24/h2-35H,1H3;2-30H,1H3;1-21H/b12-8+,13-9+,14-10+,15-11+;13-11+,14-12+;2-1+,11-5+,16-10+. The highest BCUT2D eigenvalue weighted by Crippen LogP contribution is 2.43. The van der Waals surface area contributed by atoms with Gasteiger partial charge in [-0.3, -0.25) is 0 Å². The summed E-state index contributed by atoms with van der Waals surface area (Å²) in [5.41, 5.74) is 20.4. The third-order valence-electron chi connectivity index (χ3n) is 21.3. The molecule has 133 heavy (non-hydrogen) atoms. The van der Waals surface area contributed by atoms with E-state index in [-0.39, 0.29) is 22.3 Å². The summed E-state index contributed by atoms with van der Waals surface area (Å²) in [5.74, 6) is -4.45. The van der Waals surface area contributed by atoms with E-state index in [0.717, 1.165) is 114 Å². The Morgan fingerprint density at radius 1 is 0.195 bits per heavy atom. The van der Waals surface area contributed by atoms with Gasteiger partial charge in [0.05, 0.1) is 0 Å². The van der Waals surface area contributed by atoms with Crippen LogP contribution in [0.4, 0.5) is 116 Å². The number of aromatic nitrogens is 2. The molecule has 0 spiro atoms. The lowest BCUT2D eigenvalue weighted by atomic mass is 10.1. The second-order valence-electron chi connectivity index (χ2n) is 30.5. The minimum atomic E-state index is -1.22. The van der Waals surface area contributed by atoms with Crippen LogP contribution >= 0.6 is 0 Å². The minimum absolute atomic E-state index is 0.0409. The molecule has 0 radical (unpaired) electrons. The van der Waals surface area contributed by atoms with Crippen molar-refractivity contribution in [3.63, 3.8) is 0 Å². The summed E-state index contributed by atoms with van der Waals surface area (Å²) in [6.45, 7) is 3.08. The number of aryl methyl sites for hydroxylation is 2. The van der Waals surface area contributed by atoms with Gasteiger partial charge in [-0.25, -0.2) is 30.7 Å². The Morgan fingerprint density at radius 2 is 0.391 bits per heavy atom. The van der Waals surface area contributed by atoms with Crippen molar-refractivity contribution in [2.24, 2.45) is 0 Å². The molecule has 652 valence electrons. The molecule has 0 aliphatic carbocycles. The zero-order valence-corrected chi connectivity index (χ0v) is 72.7. The lowest BCUT2D eigenvalue weighted by Gasteiger charge is -2.28. The van der Waals surface area contributed by atoms with E-state index in [1.54, 1.807) is 55.5 Å². The van der Waals surface area contributed by atoms with E-state index in [0.29, 0.717) is 17.5 Å². The fraction of sp³-hybridized carbons (Fsp3) is 0.0169. The number of rotatable bonds is 28. The van der Waals surface area contributed by atoms with Gasteiger partial charge in [0.1, 0.15) is 29.1 Å². The molecule has 0 aliphatic heterocycles. The Kier molecular flexibility index (Phi) is 31.0. The quantitative estimate of drug-likeness (QED) is 0.0273. The van der Waals surface area contributed by atoms with Gasteiger partial charge in [-0.2, -0.15) is 0 Å². The van der Waals surface area contributed by atoms with Crippen LogP contribution in [0.15, 0.2) is 466 Å². The molecule has 8 nitrogen and oxygen atoms in total. The van der Waals surface area contributed by atoms with Crippen LogP contribution in [0.25, 0.3) is 48.6 Å². The van der Waals surface area contributed by atoms with E-state index in [9.17, 15) is 30.7 Å². The second kappa shape index (κ2) is 45.5. The maximum Gasteiger partial charge on any atom is 0.240 e. The summed E-state index contributed by atoms with van der Waals surface area (Å²) >= 11 is 0. The Morgan fingerprint density at radius 3 is 0.632 bits per heavy atom. The summed E-state index contributed by atoms with van der Waals surface area (Å²) in [7, 11) is 0. The van der Waals surface area contributed by atoms with Gasteiger partial charge in [0.2, 0.25) is 12.3 Å². The molecule has 0 N–H and O–H groups in total. The highest BCUT2D eigenvalue weighted by Gasteiger charge is 2.20. The molecular formula is C118H90F7N7O. The monoisotopic (exact) mass is 1750 g/mol. The van der Waals surface area contributed by atoms with Crippen LogP contribution in [0.1, 0.15) is 56.0 Å². The van der Waals surface area contributed by atoms with Crippen LogP contribution in [0, 0.1) is 54.6 Å². The number of hydrogen-bond acceptors (Lipinski definition) is 8. The maximum atomic E-state index is 14.2. The first-order valence-electron chi connectivity index (χ1n) is 43.0. The average Bonchev–Trinajstić information content (AvgIpc) is 0.827. The molecule has 0 saturated heterocycles. The number of halogens is 7. The normalized spacial score (nSPS) is 11.5. The van der Waals surface area contributed by atoms with Gasteiger partial charge in [0.15, 0.2) is 11.6 Å². The number of nitrogens with zero attached hydrogens (tertiary/aromatic N) is 7. The molecule has 0 unspecified atom stereocenters. The lowest BCUT2D eigenvalue weighted by Crippen LogP contribution is -2.12. The molecule has 0 bridgehead atoms. The first-order chi connectivity index (χ1) is 65.2. The van der Waals surface area contributed by atoms with Crippen LogP contribution in [-0.2, 0) is 0 Å². The highest BCUT2D eigenvalue weighted by molar-refractivity contribution is 5.85. The zero-order chi connectivity index (χ0) is 91.9. The average molecular weight is 1760 g/mol. The van der Waals surface area contributed by atoms with Crippen molar-refractivity contribution in [2.75, 3.05) is 24.5 Å². The summed E-state index contributed by atoms with van der Waals surface area (Å²) in [4.78, 5) is 11.1. The summed E-state index contributed by atoms with van der Waals surface area (Å²) in [6, 6.07) is 128. The molecule has 16 aromatic carbocycles. The molecule has 1 aromatic heterocycles. The van der Waals surface area contributed by atoms with Gasteiger partial charge < -0.3 is 28.9 Å². The van der Waals surface area contributed by atoms with E-state index >= 15 is 0 Å². The Balaban J connectivity index is 0.000000160.